The van der Waals surface area contributed by atoms with Crippen LogP contribution in [0.15, 0.2) is 18.2 Å². The van der Waals surface area contributed by atoms with Gasteiger partial charge in [0.15, 0.2) is 11.5 Å². The number of aryl methyl sites for hydroxylation is 1. The van der Waals surface area contributed by atoms with E-state index in [4.69, 9.17) is 9.47 Å². The summed E-state index contributed by atoms with van der Waals surface area (Å²) in [5.74, 6) is 1.14. The molecule has 0 bridgehead atoms. The Kier molecular flexibility index (Phi) is 5.53. The predicted octanol–water partition coefficient (Wildman–Crippen LogP) is 2.79. The summed E-state index contributed by atoms with van der Waals surface area (Å²) >= 11 is 0. The average Bonchev–Trinajstić information content (AvgIpc) is 3.26. The van der Waals surface area contributed by atoms with Gasteiger partial charge in [0, 0.05) is 6.54 Å². The van der Waals surface area contributed by atoms with E-state index < -0.39 is 4.92 Å². The Bertz CT molecular complexity index is 908. The molecule has 1 fully saturated rings. The fourth-order valence-electron chi connectivity index (χ4n) is 3.80. The normalized spacial score (nSPS) is 16.3. The number of aromatic nitrogens is 2. The molecule has 0 saturated carbocycles. The number of hydrogen-bond acceptors (Lipinski definition) is 6. The summed E-state index contributed by atoms with van der Waals surface area (Å²) in [5.41, 5.74) is 1.64. The molecule has 3 rings (SSSR count). The van der Waals surface area contributed by atoms with Crippen LogP contribution in [0.1, 0.15) is 35.8 Å². The second-order valence-electron chi connectivity index (χ2n) is 6.79. The van der Waals surface area contributed by atoms with E-state index in [0.717, 1.165) is 18.4 Å². The number of nitro groups is 1. The van der Waals surface area contributed by atoms with Crippen molar-refractivity contribution >= 4 is 11.6 Å². The van der Waals surface area contributed by atoms with Crippen LogP contribution >= 0.6 is 0 Å². The number of ether oxygens (including phenoxy) is 2. The second kappa shape index (κ2) is 7.87. The monoisotopic (exact) mass is 388 g/mol. The number of amides is 1. The molecule has 1 unspecified atom stereocenters. The molecule has 1 atom stereocenters. The number of methoxy groups -OCH3 is 2. The third kappa shape index (κ3) is 3.51. The SMILES string of the molecule is COc1ccc(C2CCCN2C(=O)Cn2nc(C)c([N+](=O)[O-])c2C)cc1OC. The molecule has 1 aromatic carbocycles. The van der Waals surface area contributed by atoms with E-state index in [-0.39, 0.29) is 24.2 Å². The number of hydrogen-bond donors (Lipinski definition) is 0. The lowest BCUT2D eigenvalue weighted by Crippen LogP contribution is -2.34. The van der Waals surface area contributed by atoms with Crippen LogP contribution in [0, 0.1) is 24.0 Å². The fraction of sp³-hybridized carbons (Fsp3) is 0.474. The quantitative estimate of drug-likeness (QED) is 0.557. The summed E-state index contributed by atoms with van der Waals surface area (Å²) in [6.07, 6.45) is 1.74. The molecule has 1 aliphatic rings. The maximum atomic E-state index is 13.0. The van der Waals surface area contributed by atoms with Crippen molar-refractivity contribution in [3.8, 4) is 11.5 Å². The molecular formula is C19H24N4O5. The minimum Gasteiger partial charge on any atom is -0.493 e. The van der Waals surface area contributed by atoms with Gasteiger partial charge in [-0.15, -0.1) is 0 Å². The number of benzene rings is 1. The molecule has 28 heavy (non-hydrogen) atoms. The molecule has 150 valence electrons. The number of carbonyl (C=O) groups is 1. The van der Waals surface area contributed by atoms with Crippen LogP contribution in [-0.4, -0.2) is 46.3 Å². The van der Waals surface area contributed by atoms with Crippen molar-refractivity contribution in [3.63, 3.8) is 0 Å². The highest BCUT2D eigenvalue weighted by atomic mass is 16.6. The van der Waals surface area contributed by atoms with E-state index in [1.807, 2.05) is 23.1 Å². The van der Waals surface area contributed by atoms with Gasteiger partial charge in [-0.2, -0.15) is 5.10 Å². The number of rotatable bonds is 6. The third-order valence-corrected chi connectivity index (χ3v) is 5.18. The largest absolute Gasteiger partial charge is 0.493 e. The van der Waals surface area contributed by atoms with E-state index >= 15 is 0 Å². The van der Waals surface area contributed by atoms with Gasteiger partial charge in [-0.05, 0) is 44.4 Å². The van der Waals surface area contributed by atoms with Crippen LogP contribution in [-0.2, 0) is 11.3 Å². The Morgan fingerprint density at radius 1 is 1.29 bits per heavy atom. The van der Waals surface area contributed by atoms with Gasteiger partial charge in [0.2, 0.25) is 5.91 Å². The third-order valence-electron chi connectivity index (χ3n) is 5.18. The Balaban J connectivity index is 1.82. The lowest BCUT2D eigenvalue weighted by Gasteiger charge is -2.26. The molecule has 0 spiro atoms. The van der Waals surface area contributed by atoms with Gasteiger partial charge in [0.25, 0.3) is 0 Å². The summed E-state index contributed by atoms with van der Waals surface area (Å²) in [4.78, 5) is 25.5. The van der Waals surface area contributed by atoms with E-state index in [1.54, 1.807) is 28.1 Å². The van der Waals surface area contributed by atoms with Gasteiger partial charge in [0.1, 0.15) is 17.9 Å². The van der Waals surface area contributed by atoms with Crippen molar-refractivity contribution in [2.75, 3.05) is 20.8 Å². The molecule has 1 aliphatic heterocycles. The van der Waals surface area contributed by atoms with Crippen molar-refractivity contribution in [3.05, 3.63) is 45.3 Å². The van der Waals surface area contributed by atoms with Gasteiger partial charge in [-0.1, -0.05) is 6.07 Å². The number of likely N-dealkylation sites (tertiary alicyclic amines) is 1. The molecule has 1 aromatic heterocycles. The maximum absolute atomic E-state index is 13.0. The lowest BCUT2D eigenvalue weighted by atomic mass is 10.0. The summed E-state index contributed by atoms with van der Waals surface area (Å²) < 4.78 is 12.1. The molecule has 0 aliphatic carbocycles. The van der Waals surface area contributed by atoms with Crippen LogP contribution in [0.5, 0.6) is 11.5 Å². The first-order valence-electron chi connectivity index (χ1n) is 9.07. The van der Waals surface area contributed by atoms with Crippen LogP contribution in [0.2, 0.25) is 0 Å². The molecule has 9 heteroatoms. The standard InChI is InChI=1S/C19H24N4O5/c1-12-19(23(25)26)13(2)22(20-12)11-18(24)21-9-5-6-15(21)14-7-8-16(27-3)17(10-14)28-4/h7-8,10,15H,5-6,9,11H2,1-4H3. The fourth-order valence-corrected chi connectivity index (χ4v) is 3.80. The minimum atomic E-state index is -0.457. The van der Waals surface area contributed by atoms with Gasteiger partial charge in [-0.25, -0.2) is 0 Å². The topological polar surface area (TPSA) is 99.7 Å². The van der Waals surface area contributed by atoms with Crippen molar-refractivity contribution in [2.24, 2.45) is 0 Å². The minimum absolute atomic E-state index is 0.0235. The number of carbonyl (C=O) groups excluding carboxylic acids is 1. The zero-order valence-electron chi connectivity index (χ0n) is 16.5. The van der Waals surface area contributed by atoms with E-state index in [2.05, 4.69) is 5.10 Å². The Morgan fingerprint density at radius 3 is 2.61 bits per heavy atom. The highest BCUT2D eigenvalue weighted by Crippen LogP contribution is 2.37. The van der Waals surface area contributed by atoms with Gasteiger partial charge in [-0.3, -0.25) is 19.6 Å². The molecule has 0 radical (unpaired) electrons. The molecule has 1 amide bonds. The highest BCUT2D eigenvalue weighted by molar-refractivity contribution is 5.77. The molecule has 9 nitrogen and oxygen atoms in total. The van der Waals surface area contributed by atoms with Gasteiger partial charge < -0.3 is 14.4 Å². The number of nitrogens with zero attached hydrogens (tertiary/aromatic N) is 4. The van der Waals surface area contributed by atoms with Crippen LogP contribution in [0.3, 0.4) is 0 Å². The van der Waals surface area contributed by atoms with Gasteiger partial charge in [0.05, 0.1) is 25.2 Å². The molecule has 2 heterocycles. The van der Waals surface area contributed by atoms with Crippen LogP contribution in [0.4, 0.5) is 5.69 Å². The maximum Gasteiger partial charge on any atom is 0.312 e. The van der Waals surface area contributed by atoms with Crippen molar-refractivity contribution in [1.29, 1.82) is 0 Å². The Morgan fingerprint density at radius 2 is 2.00 bits per heavy atom. The van der Waals surface area contributed by atoms with Crippen molar-refractivity contribution in [1.82, 2.24) is 14.7 Å². The molecule has 2 aromatic rings. The van der Waals surface area contributed by atoms with E-state index in [9.17, 15) is 14.9 Å². The van der Waals surface area contributed by atoms with Crippen LogP contribution < -0.4 is 9.47 Å². The molecular weight excluding hydrogens is 364 g/mol. The highest BCUT2D eigenvalue weighted by Gasteiger charge is 2.32. The first-order valence-corrected chi connectivity index (χ1v) is 9.07. The van der Waals surface area contributed by atoms with Crippen molar-refractivity contribution in [2.45, 2.75) is 39.3 Å². The first kappa shape index (κ1) is 19.7. The molecule has 0 N–H and O–H groups in total. The summed E-state index contributed by atoms with van der Waals surface area (Å²) in [6, 6.07) is 5.59. The predicted molar refractivity (Wildman–Crippen MR) is 102 cm³/mol. The van der Waals surface area contributed by atoms with E-state index in [1.165, 1.54) is 4.68 Å². The molecule has 1 saturated heterocycles. The summed E-state index contributed by atoms with van der Waals surface area (Å²) in [5, 5.41) is 15.4. The Labute approximate surface area is 163 Å². The average molecular weight is 388 g/mol. The van der Waals surface area contributed by atoms with E-state index in [0.29, 0.717) is 29.4 Å². The lowest BCUT2D eigenvalue weighted by molar-refractivity contribution is -0.386. The zero-order valence-corrected chi connectivity index (χ0v) is 16.5. The zero-order chi connectivity index (χ0) is 20.4. The summed E-state index contributed by atoms with van der Waals surface area (Å²) in [6.45, 7) is 3.80. The Hall–Kier alpha value is -3.10. The van der Waals surface area contributed by atoms with Gasteiger partial charge >= 0.3 is 5.69 Å². The van der Waals surface area contributed by atoms with Crippen LogP contribution in [0.25, 0.3) is 0 Å². The first-order chi connectivity index (χ1) is 13.4. The smallest absolute Gasteiger partial charge is 0.312 e. The van der Waals surface area contributed by atoms with Crippen molar-refractivity contribution < 1.29 is 19.2 Å². The summed E-state index contributed by atoms with van der Waals surface area (Å²) in [7, 11) is 3.16. The second-order valence-corrected chi connectivity index (χ2v) is 6.79.